The smallest absolute Gasteiger partial charge is 0.408 e. The topological polar surface area (TPSA) is 156 Å². The van der Waals surface area contributed by atoms with Crippen LogP contribution in [0.4, 0.5) is 4.79 Å². The van der Waals surface area contributed by atoms with E-state index in [2.05, 4.69) is 10.6 Å². The zero-order valence-electron chi connectivity index (χ0n) is 29.1. The Kier molecular flexibility index (Phi) is 10.1. The molecule has 1 saturated carbocycles. The number of hydrogen-bond acceptors (Lipinski definition) is 8. The van der Waals surface area contributed by atoms with E-state index >= 15 is 0 Å². The second-order valence-corrected chi connectivity index (χ2v) is 14.2. The van der Waals surface area contributed by atoms with E-state index in [4.69, 9.17) is 19.2 Å². The Hall–Kier alpha value is -4.87. The second-order valence-electron chi connectivity index (χ2n) is 14.2. The van der Waals surface area contributed by atoms with Gasteiger partial charge < -0.3 is 34.9 Å². The molecule has 3 N–H and O–H groups in total. The number of nitrogens with one attached hydrogen (secondary N) is 2. The van der Waals surface area contributed by atoms with Crippen molar-refractivity contribution in [3.63, 3.8) is 0 Å². The molecule has 262 valence electrons. The molecular formula is C37H46N4O8. The Morgan fingerprint density at radius 3 is 2.39 bits per heavy atom. The van der Waals surface area contributed by atoms with Crippen molar-refractivity contribution in [2.45, 2.75) is 90.1 Å². The molecule has 12 nitrogen and oxygen atoms in total. The zero-order valence-corrected chi connectivity index (χ0v) is 29.1. The maximum atomic E-state index is 14.2. The summed E-state index contributed by atoms with van der Waals surface area (Å²) in [6.45, 7) is 10.7. The largest absolute Gasteiger partial charge is 0.497 e. The number of likely N-dealkylation sites (tertiary alicyclic amines) is 1. The molecule has 0 bridgehead atoms. The van der Waals surface area contributed by atoms with Crippen molar-refractivity contribution in [3.05, 3.63) is 54.6 Å². The third-order valence-corrected chi connectivity index (χ3v) is 9.12. The van der Waals surface area contributed by atoms with Crippen LogP contribution in [-0.4, -0.2) is 81.8 Å². The number of hydrogen-bond donors (Lipinski definition) is 3. The summed E-state index contributed by atoms with van der Waals surface area (Å²) < 4.78 is 17.5. The second kappa shape index (κ2) is 13.9. The highest BCUT2D eigenvalue weighted by atomic mass is 16.6. The number of fused-ring (bicyclic) bond motifs is 1. The first-order chi connectivity index (χ1) is 23.2. The van der Waals surface area contributed by atoms with Crippen LogP contribution in [0.2, 0.25) is 0 Å². The van der Waals surface area contributed by atoms with E-state index in [-0.39, 0.29) is 24.8 Å². The molecule has 5 atom stereocenters. The molecule has 1 saturated heterocycles. The molecule has 5 rings (SSSR count). The minimum Gasteiger partial charge on any atom is -0.497 e. The molecule has 2 heterocycles. The van der Waals surface area contributed by atoms with Crippen LogP contribution in [0.25, 0.3) is 22.2 Å². The van der Waals surface area contributed by atoms with Gasteiger partial charge in [-0.1, -0.05) is 57.5 Å². The van der Waals surface area contributed by atoms with Gasteiger partial charge in [-0.15, -0.1) is 0 Å². The summed E-state index contributed by atoms with van der Waals surface area (Å²) in [5.74, 6) is -1.60. The lowest BCUT2D eigenvalue weighted by atomic mass is 10.0. The lowest BCUT2D eigenvalue weighted by Crippen LogP contribution is -2.57. The SMILES string of the molecule is CC[C@H]1C[C@]1(NC(=O)[C@@H]1C[C@@H](Oc2cc(-c3ccccc3)nc3cc(OC)ccc23)CN1C(=O)[C@@H](NC(=O)OC(C)(C)C)C(C)C)C(=O)O. The highest BCUT2D eigenvalue weighted by Gasteiger charge is 2.61. The number of carbonyl (C=O) groups excluding carboxylic acids is 3. The summed E-state index contributed by atoms with van der Waals surface area (Å²) >= 11 is 0. The number of amides is 3. The van der Waals surface area contributed by atoms with Crippen LogP contribution in [-0.2, 0) is 19.1 Å². The number of carboxylic acids is 1. The molecule has 0 unspecified atom stereocenters. The maximum Gasteiger partial charge on any atom is 0.408 e. The van der Waals surface area contributed by atoms with Crippen LogP contribution in [0, 0.1) is 11.8 Å². The fourth-order valence-electron chi connectivity index (χ4n) is 6.43. The van der Waals surface area contributed by atoms with Crippen molar-refractivity contribution in [2.75, 3.05) is 13.7 Å². The van der Waals surface area contributed by atoms with Crippen molar-refractivity contribution in [2.24, 2.45) is 11.8 Å². The third-order valence-electron chi connectivity index (χ3n) is 9.12. The van der Waals surface area contributed by atoms with Crippen molar-refractivity contribution >= 4 is 34.8 Å². The number of alkyl carbamates (subject to hydrolysis) is 1. The molecule has 3 aromatic rings. The van der Waals surface area contributed by atoms with E-state index in [0.29, 0.717) is 40.9 Å². The van der Waals surface area contributed by atoms with Crippen LogP contribution in [0.1, 0.15) is 60.8 Å². The van der Waals surface area contributed by atoms with Gasteiger partial charge >= 0.3 is 12.1 Å². The molecule has 1 aliphatic carbocycles. The van der Waals surface area contributed by atoms with Gasteiger partial charge in [0, 0.05) is 29.5 Å². The number of methoxy groups -OCH3 is 1. The van der Waals surface area contributed by atoms with Gasteiger partial charge in [0.25, 0.3) is 0 Å². The molecule has 49 heavy (non-hydrogen) atoms. The summed E-state index contributed by atoms with van der Waals surface area (Å²) in [5, 5.41) is 16.2. The van der Waals surface area contributed by atoms with Gasteiger partial charge in [-0.3, -0.25) is 9.59 Å². The quantitative estimate of drug-likeness (QED) is 0.250. The van der Waals surface area contributed by atoms with Gasteiger partial charge in [0.1, 0.15) is 40.8 Å². The van der Waals surface area contributed by atoms with E-state index in [1.54, 1.807) is 47.8 Å². The van der Waals surface area contributed by atoms with Gasteiger partial charge in [0.2, 0.25) is 11.8 Å². The van der Waals surface area contributed by atoms with Crippen LogP contribution < -0.4 is 20.1 Å². The summed E-state index contributed by atoms with van der Waals surface area (Å²) in [5.41, 5.74) is 0.0156. The van der Waals surface area contributed by atoms with E-state index in [0.717, 1.165) is 5.56 Å². The molecule has 2 aromatic carbocycles. The number of pyridine rings is 1. The summed E-state index contributed by atoms with van der Waals surface area (Å²) in [6, 6.07) is 14.9. The van der Waals surface area contributed by atoms with E-state index in [9.17, 15) is 24.3 Å². The van der Waals surface area contributed by atoms with E-state index in [1.165, 1.54) is 4.90 Å². The van der Waals surface area contributed by atoms with Gasteiger partial charge in [-0.05, 0) is 51.2 Å². The number of nitrogens with zero attached hydrogens (tertiary/aromatic N) is 2. The summed E-state index contributed by atoms with van der Waals surface area (Å²) in [4.78, 5) is 59.5. The lowest BCUT2D eigenvalue weighted by Gasteiger charge is -2.31. The Morgan fingerprint density at radius 2 is 1.80 bits per heavy atom. The molecule has 0 spiro atoms. The number of rotatable bonds is 11. The zero-order chi connectivity index (χ0) is 35.7. The molecule has 2 aliphatic rings. The average molecular weight is 675 g/mol. The highest BCUT2D eigenvalue weighted by Crippen LogP contribution is 2.46. The van der Waals surface area contributed by atoms with Crippen molar-refractivity contribution in [1.29, 1.82) is 0 Å². The van der Waals surface area contributed by atoms with Crippen LogP contribution >= 0.6 is 0 Å². The van der Waals surface area contributed by atoms with E-state index < -0.39 is 53.2 Å². The molecular weight excluding hydrogens is 628 g/mol. The Labute approximate surface area is 286 Å². The Bertz CT molecular complexity index is 1720. The summed E-state index contributed by atoms with van der Waals surface area (Å²) in [7, 11) is 1.58. The Morgan fingerprint density at radius 1 is 1.08 bits per heavy atom. The first-order valence-corrected chi connectivity index (χ1v) is 16.7. The van der Waals surface area contributed by atoms with Crippen molar-refractivity contribution in [1.82, 2.24) is 20.5 Å². The normalized spacial score (nSPS) is 22.4. The standard InChI is InChI=1S/C37H46N4O8/c1-8-23-19-37(23,34(44)45)40-32(42)29-17-25(20-41(29)33(43)31(21(2)3)39-35(46)49-36(4,5)6)48-30-18-27(22-12-10-9-11-13-22)38-28-16-24(47-7)14-15-26(28)30/h9-16,18,21,23,25,29,31H,8,17,19-20H2,1-7H3,(H,39,46)(H,40,42)(H,44,45)/t23-,25+,29-,31-,37+/m0/s1. The van der Waals surface area contributed by atoms with E-state index in [1.807, 2.05) is 55.5 Å². The number of carbonyl (C=O) groups is 4. The van der Waals surface area contributed by atoms with Crippen molar-refractivity contribution < 1.29 is 38.5 Å². The number of benzene rings is 2. The molecule has 2 fully saturated rings. The number of aliphatic carboxylic acids is 1. The minimum absolute atomic E-state index is 0.0219. The predicted molar refractivity (Wildman–Crippen MR) is 183 cm³/mol. The monoisotopic (exact) mass is 674 g/mol. The maximum absolute atomic E-state index is 14.2. The fourth-order valence-corrected chi connectivity index (χ4v) is 6.43. The minimum atomic E-state index is -1.38. The predicted octanol–water partition coefficient (Wildman–Crippen LogP) is 5.18. The van der Waals surface area contributed by atoms with Gasteiger partial charge in [0.05, 0.1) is 24.9 Å². The lowest BCUT2D eigenvalue weighted by molar-refractivity contribution is -0.146. The summed E-state index contributed by atoms with van der Waals surface area (Å²) in [6.07, 6.45) is -0.401. The fraction of sp³-hybridized carbons (Fsp3) is 0.486. The first-order valence-electron chi connectivity index (χ1n) is 16.7. The van der Waals surface area contributed by atoms with Crippen LogP contribution in [0.5, 0.6) is 11.5 Å². The molecule has 1 aromatic heterocycles. The van der Waals surface area contributed by atoms with Crippen LogP contribution in [0.3, 0.4) is 0 Å². The molecule has 0 radical (unpaired) electrons. The van der Waals surface area contributed by atoms with Gasteiger partial charge in [-0.2, -0.15) is 0 Å². The number of carboxylic acid groups (broad SMARTS) is 1. The molecule has 1 aliphatic heterocycles. The highest BCUT2D eigenvalue weighted by molar-refractivity contribution is 5.96. The first kappa shape index (κ1) is 35.4. The van der Waals surface area contributed by atoms with Crippen molar-refractivity contribution in [3.8, 4) is 22.8 Å². The van der Waals surface area contributed by atoms with Gasteiger partial charge in [0.15, 0.2) is 0 Å². The Balaban J connectivity index is 1.48. The molecule has 3 amide bonds. The third kappa shape index (κ3) is 7.73. The van der Waals surface area contributed by atoms with Gasteiger partial charge in [-0.25, -0.2) is 14.6 Å². The molecule has 12 heteroatoms. The number of ether oxygens (including phenoxy) is 3. The average Bonchev–Trinajstić information content (AvgIpc) is 3.61. The number of aromatic nitrogens is 1. The van der Waals surface area contributed by atoms with Crippen LogP contribution in [0.15, 0.2) is 54.6 Å².